The molecule has 1 aliphatic rings. The van der Waals surface area contributed by atoms with E-state index in [2.05, 4.69) is 20.6 Å². The summed E-state index contributed by atoms with van der Waals surface area (Å²) in [5.41, 5.74) is -0.577. The first-order chi connectivity index (χ1) is 11.6. The quantitative estimate of drug-likeness (QED) is 0.874. The molecule has 1 atom stereocenters. The van der Waals surface area contributed by atoms with Crippen molar-refractivity contribution in [2.75, 3.05) is 25.2 Å². The van der Waals surface area contributed by atoms with Crippen LogP contribution in [0.4, 0.5) is 10.2 Å². The number of amides is 2. The van der Waals surface area contributed by atoms with Crippen molar-refractivity contribution in [3.8, 4) is 0 Å². The van der Waals surface area contributed by atoms with E-state index in [0.717, 1.165) is 0 Å². The van der Waals surface area contributed by atoms with E-state index < -0.39 is 24.0 Å². The van der Waals surface area contributed by atoms with Gasteiger partial charge in [-0.25, -0.2) is 9.37 Å². The largest absolute Gasteiger partial charge is 0.369 e. The number of ether oxygens (including phenoxy) is 1. The Hall–Kier alpha value is -2.87. The van der Waals surface area contributed by atoms with Crippen LogP contribution in [-0.4, -0.2) is 41.7 Å². The summed E-state index contributed by atoms with van der Waals surface area (Å²) in [5, 5.41) is 5.22. The number of carbonyl (C=O) groups excluding carboxylic acids is 2. The highest BCUT2D eigenvalue weighted by molar-refractivity contribution is 6.02. The van der Waals surface area contributed by atoms with Gasteiger partial charge in [-0.2, -0.15) is 0 Å². The Bertz CT molecular complexity index is 756. The van der Waals surface area contributed by atoms with Gasteiger partial charge in [-0.1, -0.05) is 6.07 Å². The van der Waals surface area contributed by atoms with E-state index >= 15 is 0 Å². The molecule has 2 N–H and O–H groups in total. The normalized spacial score (nSPS) is 20.3. The van der Waals surface area contributed by atoms with E-state index in [-0.39, 0.29) is 24.7 Å². The van der Waals surface area contributed by atoms with Crippen LogP contribution in [-0.2, 0) is 15.1 Å². The first-order valence-electron chi connectivity index (χ1n) is 7.27. The number of nitrogens with zero attached hydrogens (tertiary/aromatic N) is 2. The standard InChI is InChI=1S/C16H15FN4O3/c17-9-16(10-24-8-14(22)21-16)11-4-6-19-13(7-11)20-15(23)12-3-1-2-5-18-12/h1-7H,8-10H2,(H,21,22)(H,19,20,23). The second-order valence-corrected chi connectivity index (χ2v) is 5.36. The van der Waals surface area contributed by atoms with Gasteiger partial charge in [0.1, 0.15) is 30.3 Å². The summed E-state index contributed by atoms with van der Waals surface area (Å²) in [6.45, 7) is -0.931. The average Bonchev–Trinajstić information content (AvgIpc) is 2.62. The van der Waals surface area contributed by atoms with Crippen molar-refractivity contribution in [2.24, 2.45) is 0 Å². The van der Waals surface area contributed by atoms with Gasteiger partial charge in [0.25, 0.3) is 5.91 Å². The molecule has 0 saturated carbocycles. The van der Waals surface area contributed by atoms with Gasteiger partial charge < -0.3 is 15.4 Å². The van der Waals surface area contributed by atoms with Crippen molar-refractivity contribution >= 4 is 17.6 Å². The monoisotopic (exact) mass is 330 g/mol. The molecule has 124 valence electrons. The minimum Gasteiger partial charge on any atom is -0.369 e. The van der Waals surface area contributed by atoms with Crippen molar-refractivity contribution in [1.29, 1.82) is 0 Å². The van der Waals surface area contributed by atoms with Gasteiger partial charge in [0.05, 0.1) is 6.61 Å². The average molecular weight is 330 g/mol. The number of alkyl halides is 1. The van der Waals surface area contributed by atoms with Crippen LogP contribution in [0.5, 0.6) is 0 Å². The second kappa shape index (κ2) is 6.71. The van der Waals surface area contributed by atoms with E-state index in [1.807, 2.05) is 0 Å². The minimum absolute atomic E-state index is 0.00683. The van der Waals surface area contributed by atoms with Crippen LogP contribution in [0.15, 0.2) is 42.7 Å². The molecular weight excluding hydrogens is 315 g/mol. The Balaban J connectivity index is 1.83. The maximum absolute atomic E-state index is 13.6. The first-order valence-corrected chi connectivity index (χ1v) is 7.27. The lowest BCUT2D eigenvalue weighted by molar-refractivity contribution is -0.136. The van der Waals surface area contributed by atoms with E-state index in [4.69, 9.17) is 4.74 Å². The maximum atomic E-state index is 13.6. The smallest absolute Gasteiger partial charge is 0.275 e. The van der Waals surface area contributed by atoms with Gasteiger partial charge >= 0.3 is 0 Å². The molecule has 2 aromatic rings. The lowest BCUT2D eigenvalue weighted by Gasteiger charge is -2.35. The third-order valence-electron chi connectivity index (χ3n) is 3.64. The van der Waals surface area contributed by atoms with Gasteiger partial charge in [0.2, 0.25) is 5.91 Å². The summed E-state index contributed by atoms with van der Waals surface area (Å²) in [4.78, 5) is 31.7. The van der Waals surface area contributed by atoms with Gasteiger partial charge in [-0.05, 0) is 29.8 Å². The number of aromatic nitrogens is 2. The molecule has 7 nitrogen and oxygen atoms in total. The summed E-state index contributed by atoms with van der Waals surface area (Å²) in [7, 11) is 0. The Labute approximate surface area is 137 Å². The van der Waals surface area contributed by atoms with Crippen LogP contribution in [0.25, 0.3) is 0 Å². The van der Waals surface area contributed by atoms with E-state index in [9.17, 15) is 14.0 Å². The molecule has 1 saturated heterocycles. The van der Waals surface area contributed by atoms with Crippen molar-refractivity contribution in [3.63, 3.8) is 0 Å². The number of nitrogens with one attached hydrogen (secondary N) is 2. The Morgan fingerprint density at radius 3 is 2.92 bits per heavy atom. The summed E-state index contributed by atoms with van der Waals surface area (Å²) in [6, 6.07) is 8.04. The molecule has 1 unspecified atom stereocenters. The van der Waals surface area contributed by atoms with Gasteiger partial charge in [-0.3, -0.25) is 14.6 Å². The SMILES string of the molecule is O=C1COCC(CF)(c2ccnc(NC(=O)c3ccccn3)c2)N1. The topological polar surface area (TPSA) is 93.2 Å². The van der Waals surface area contributed by atoms with E-state index in [0.29, 0.717) is 5.56 Å². The predicted octanol–water partition coefficient (Wildman–Crippen LogP) is 1.04. The highest BCUT2D eigenvalue weighted by Gasteiger charge is 2.38. The molecule has 0 spiro atoms. The fourth-order valence-electron chi connectivity index (χ4n) is 2.44. The van der Waals surface area contributed by atoms with Crippen LogP contribution < -0.4 is 10.6 Å². The molecule has 0 aliphatic carbocycles. The molecule has 1 aliphatic heterocycles. The molecule has 0 radical (unpaired) electrons. The van der Waals surface area contributed by atoms with Crippen molar-refractivity contribution in [3.05, 3.63) is 54.0 Å². The predicted molar refractivity (Wildman–Crippen MR) is 83.0 cm³/mol. The molecule has 1 fully saturated rings. The second-order valence-electron chi connectivity index (χ2n) is 5.36. The number of halogens is 1. The van der Waals surface area contributed by atoms with Crippen LogP contribution in [0.2, 0.25) is 0 Å². The fourth-order valence-corrected chi connectivity index (χ4v) is 2.44. The number of anilines is 1. The van der Waals surface area contributed by atoms with Crippen LogP contribution in [0.1, 0.15) is 16.1 Å². The zero-order chi connectivity index (χ0) is 17.0. The molecule has 8 heteroatoms. The third kappa shape index (κ3) is 3.23. The number of pyridine rings is 2. The molecule has 2 amide bonds. The zero-order valence-corrected chi connectivity index (χ0v) is 12.7. The summed E-state index contributed by atoms with van der Waals surface area (Å²) >= 11 is 0. The number of morpholine rings is 1. The van der Waals surface area contributed by atoms with Gasteiger partial charge in [0.15, 0.2) is 0 Å². The number of carbonyl (C=O) groups is 2. The molecule has 2 aromatic heterocycles. The lowest BCUT2D eigenvalue weighted by Crippen LogP contribution is -2.56. The first kappa shape index (κ1) is 16.0. The van der Waals surface area contributed by atoms with E-state index in [1.54, 1.807) is 24.3 Å². The number of hydrogen-bond donors (Lipinski definition) is 2. The Kier molecular flexibility index (Phi) is 4.48. The van der Waals surface area contributed by atoms with Gasteiger partial charge in [0, 0.05) is 12.4 Å². The van der Waals surface area contributed by atoms with Crippen molar-refractivity contribution < 1.29 is 18.7 Å². The Morgan fingerprint density at radius 1 is 1.33 bits per heavy atom. The summed E-state index contributed by atoms with van der Waals surface area (Å²) in [6.07, 6.45) is 2.94. The van der Waals surface area contributed by atoms with Crippen LogP contribution in [0, 0.1) is 0 Å². The molecular formula is C16H15FN4O3. The molecule has 3 rings (SSSR count). The van der Waals surface area contributed by atoms with E-state index in [1.165, 1.54) is 18.5 Å². The minimum atomic E-state index is -1.28. The molecule has 0 aromatic carbocycles. The van der Waals surface area contributed by atoms with Crippen molar-refractivity contribution in [2.45, 2.75) is 5.54 Å². The summed E-state index contributed by atoms with van der Waals surface area (Å²) in [5.74, 6) is -0.593. The fraction of sp³-hybridized carbons (Fsp3) is 0.250. The molecule has 24 heavy (non-hydrogen) atoms. The summed E-state index contributed by atoms with van der Waals surface area (Å²) < 4.78 is 18.8. The molecule has 3 heterocycles. The highest BCUT2D eigenvalue weighted by atomic mass is 19.1. The maximum Gasteiger partial charge on any atom is 0.275 e. The Morgan fingerprint density at radius 2 is 2.21 bits per heavy atom. The highest BCUT2D eigenvalue weighted by Crippen LogP contribution is 2.26. The van der Waals surface area contributed by atoms with Gasteiger partial charge in [-0.15, -0.1) is 0 Å². The lowest BCUT2D eigenvalue weighted by atomic mass is 9.91. The van der Waals surface area contributed by atoms with Crippen molar-refractivity contribution in [1.82, 2.24) is 15.3 Å². The number of rotatable bonds is 4. The van der Waals surface area contributed by atoms with Crippen LogP contribution >= 0.6 is 0 Å². The third-order valence-corrected chi connectivity index (χ3v) is 3.64. The van der Waals surface area contributed by atoms with Crippen LogP contribution in [0.3, 0.4) is 0 Å². The zero-order valence-electron chi connectivity index (χ0n) is 12.7. The number of hydrogen-bond acceptors (Lipinski definition) is 5. The molecule has 0 bridgehead atoms.